The monoisotopic (exact) mass is 300 g/mol. The summed E-state index contributed by atoms with van der Waals surface area (Å²) in [6.07, 6.45) is 10.2. The first-order valence-electron chi connectivity index (χ1n) is 8.93. The number of likely N-dealkylation sites (tertiary alicyclic amines) is 1. The van der Waals surface area contributed by atoms with Crippen LogP contribution in [0.2, 0.25) is 0 Å². The quantitative estimate of drug-likeness (QED) is 0.919. The van der Waals surface area contributed by atoms with E-state index in [-0.39, 0.29) is 5.91 Å². The molecule has 3 rings (SSSR count). The molecule has 1 aromatic carbocycles. The van der Waals surface area contributed by atoms with Gasteiger partial charge in [0.2, 0.25) is 0 Å². The highest BCUT2D eigenvalue weighted by Gasteiger charge is 2.18. The molecule has 0 unspecified atom stereocenters. The molecular weight excluding hydrogens is 272 g/mol. The zero-order valence-corrected chi connectivity index (χ0v) is 13.5. The average Bonchev–Trinajstić information content (AvgIpc) is 2.91. The van der Waals surface area contributed by atoms with Crippen molar-refractivity contribution in [2.75, 3.05) is 13.1 Å². The van der Waals surface area contributed by atoms with Gasteiger partial charge in [0.05, 0.1) is 0 Å². The molecule has 1 aliphatic heterocycles. The van der Waals surface area contributed by atoms with Crippen molar-refractivity contribution in [3.63, 3.8) is 0 Å². The van der Waals surface area contributed by atoms with Crippen LogP contribution in [0.1, 0.15) is 67.3 Å². The van der Waals surface area contributed by atoms with Gasteiger partial charge in [-0.15, -0.1) is 0 Å². The van der Waals surface area contributed by atoms with E-state index in [0.717, 1.165) is 24.9 Å². The second-order valence-corrected chi connectivity index (χ2v) is 6.84. The van der Waals surface area contributed by atoms with Gasteiger partial charge in [-0.2, -0.15) is 0 Å². The molecule has 0 atom stereocenters. The van der Waals surface area contributed by atoms with Gasteiger partial charge in [-0.3, -0.25) is 9.69 Å². The Morgan fingerprint density at radius 2 is 1.59 bits per heavy atom. The van der Waals surface area contributed by atoms with Gasteiger partial charge in [-0.05, 0) is 56.5 Å². The molecule has 2 aliphatic rings. The van der Waals surface area contributed by atoms with Crippen LogP contribution in [0.15, 0.2) is 24.3 Å². The summed E-state index contributed by atoms with van der Waals surface area (Å²) in [5.41, 5.74) is 2.12. The maximum atomic E-state index is 12.2. The lowest BCUT2D eigenvalue weighted by Crippen LogP contribution is -2.32. The van der Waals surface area contributed by atoms with Gasteiger partial charge in [0.1, 0.15) is 0 Å². The molecule has 1 saturated heterocycles. The van der Waals surface area contributed by atoms with Crippen molar-refractivity contribution >= 4 is 5.91 Å². The molecule has 2 fully saturated rings. The van der Waals surface area contributed by atoms with E-state index >= 15 is 0 Å². The molecular formula is C19H28N2O. The van der Waals surface area contributed by atoms with Crippen molar-refractivity contribution in [3.05, 3.63) is 35.4 Å². The van der Waals surface area contributed by atoms with Gasteiger partial charge in [-0.1, -0.05) is 37.8 Å². The fourth-order valence-electron chi connectivity index (χ4n) is 3.65. The Balaban J connectivity index is 1.53. The Morgan fingerprint density at radius 1 is 0.955 bits per heavy atom. The third-order valence-corrected chi connectivity index (χ3v) is 5.01. The highest BCUT2D eigenvalue weighted by Crippen LogP contribution is 2.18. The van der Waals surface area contributed by atoms with Crippen molar-refractivity contribution in [2.24, 2.45) is 0 Å². The number of hydrogen-bond acceptors (Lipinski definition) is 2. The number of carbonyl (C=O) groups excluding carboxylic acids is 1. The number of hydrogen-bond donors (Lipinski definition) is 1. The van der Waals surface area contributed by atoms with Crippen LogP contribution in [0.3, 0.4) is 0 Å². The SMILES string of the molecule is O=C(NC1CCCC1)c1ccc(CN2CCCCCC2)cc1. The number of carbonyl (C=O) groups is 1. The highest BCUT2D eigenvalue weighted by atomic mass is 16.1. The average molecular weight is 300 g/mol. The predicted molar refractivity (Wildman–Crippen MR) is 89.9 cm³/mol. The molecule has 1 amide bonds. The second-order valence-electron chi connectivity index (χ2n) is 6.84. The van der Waals surface area contributed by atoms with E-state index in [0.29, 0.717) is 6.04 Å². The van der Waals surface area contributed by atoms with Gasteiger partial charge in [0.25, 0.3) is 5.91 Å². The van der Waals surface area contributed by atoms with Crippen LogP contribution < -0.4 is 5.32 Å². The van der Waals surface area contributed by atoms with Crippen molar-refractivity contribution in [1.82, 2.24) is 10.2 Å². The summed E-state index contributed by atoms with van der Waals surface area (Å²) in [6, 6.07) is 8.60. The minimum absolute atomic E-state index is 0.0909. The standard InChI is InChI=1S/C19H28N2O/c22-19(20-18-7-3-4-8-18)17-11-9-16(10-12-17)15-21-13-5-1-2-6-14-21/h9-12,18H,1-8,13-15H2,(H,20,22). The lowest BCUT2D eigenvalue weighted by atomic mass is 10.1. The maximum Gasteiger partial charge on any atom is 0.251 e. The van der Waals surface area contributed by atoms with Crippen LogP contribution in [0.25, 0.3) is 0 Å². The first-order chi connectivity index (χ1) is 10.8. The van der Waals surface area contributed by atoms with E-state index in [9.17, 15) is 4.79 Å². The smallest absolute Gasteiger partial charge is 0.251 e. The third-order valence-electron chi connectivity index (χ3n) is 5.01. The molecule has 3 heteroatoms. The third kappa shape index (κ3) is 4.33. The molecule has 1 aliphatic carbocycles. The Morgan fingerprint density at radius 3 is 2.23 bits per heavy atom. The lowest BCUT2D eigenvalue weighted by Gasteiger charge is -2.20. The topological polar surface area (TPSA) is 32.3 Å². The van der Waals surface area contributed by atoms with Gasteiger partial charge < -0.3 is 5.32 Å². The van der Waals surface area contributed by atoms with E-state index in [1.165, 1.54) is 57.2 Å². The van der Waals surface area contributed by atoms with Crippen molar-refractivity contribution in [1.29, 1.82) is 0 Å². The first kappa shape index (κ1) is 15.5. The highest BCUT2D eigenvalue weighted by molar-refractivity contribution is 5.94. The molecule has 0 spiro atoms. The molecule has 0 radical (unpaired) electrons. The summed E-state index contributed by atoms with van der Waals surface area (Å²) in [5.74, 6) is 0.0909. The molecule has 22 heavy (non-hydrogen) atoms. The van der Waals surface area contributed by atoms with Crippen LogP contribution in [0.5, 0.6) is 0 Å². The minimum Gasteiger partial charge on any atom is -0.349 e. The van der Waals surface area contributed by atoms with E-state index < -0.39 is 0 Å². The second kappa shape index (κ2) is 7.77. The van der Waals surface area contributed by atoms with Crippen LogP contribution >= 0.6 is 0 Å². The van der Waals surface area contributed by atoms with Crippen molar-refractivity contribution in [2.45, 2.75) is 64.0 Å². The molecule has 1 saturated carbocycles. The van der Waals surface area contributed by atoms with Gasteiger partial charge >= 0.3 is 0 Å². The molecule has 1 heterocycles. The summed E-state index contributed by atoms with van der Waals surface area (Å²) in [4.78, 5) is 14.8. The molecule has 120 valence electrons. The van der Waals surface area contributed by atoms with Gasteiger partial charge in [-0.25, -0.2) is 0 Å². The number of rotatable bonds is 4. The molecule has 0 aromatic heterocycles. The number of nitrogens with one attached hydrogen (secondary N) is 1. The Bertz CT molecular complexity index is 469. The van der Waals surface area contributed by atoms with Gasteiger partial charge in [0, 0.05) is 18.2 Å². The molecule has 0 bridgehead atoms. The molecule has 1 aromatic rings. The van der Waals surface area contributed by atoms with E-state index in [1.807, 2.05) is 12.1 Å². The number of amides is 1. The Hall–Kier alpha value is -1.35. The summed E-state index contributed by atoms with van der Waals surface area (Å²) >= 11 is 0. The number of nitrogens with zero attached hydrogens (tertiary/aromatic N) is 1. The Kier molecular flexibility index (Phi) is 5.49. The minimum atomic E-state index is 0.0909. The largest absolute Gasteiger partial charge is 0.349 e. The fraction of sp³-hybridized carbons (Fsp3) is 0.632. The Labute approximate surface area is 134 Å². The normalized spacial score (nSPS) is 20.7. The van der Waals surface area contributed by atoms with E-state index in [1.54, 1.807) is 0 Å². The van der Waals surface area contributed by atoms with Crippen LogP contribution in [-0.4, -0.2) is 29.9 Å². The summed E-state index contributed by atoms with van der Waals surface area (Å²) in [5, 5.41) is 3.15. The summed E-state index contributed by atoms with van der Waals surface area (Å²) in [6.45, 7) is 3.44. The lowest BCUT2D eigenvalue weighted by molar-refractivity contribution is 0.0938. The zero-order valence-electron chi connectivity index (χ0n) is 13.5. The molecule has 3 nitrogen and oxygen atoms in total. The fourth-order valence-corrected chi connectivity index (χ4v) is 3.65. The van der Waals surface area contributed by atoms with Crippen LogP contribution in [-0.2, 0) is 6.54 Å². The maximum absolute atomic E-state index is 12.2. The summed E-state index contributed by atoms with van der Waals surface area (Å²) < 4.78 is 0. The zero-order chi connectivity index (χ0) is 15.2. The van der Waals surface area contributed by atoms with E-state index in [4.69, 9.17) is 0 Å². The van der Waals surface area contributed by atoms with Crippen LogP contribution in [0, 0.1) is 0 Å². The first-order valence-corrected chi connectivity index (χ1v) is 8.93. The van der Waals surface area contributed by atoms with E-state index in [2.05, 4.69) is 22.3 Å². The van der Waals surface area contributed by atoms with Gasteiger partial charge in [0.15, 0.2) is 0 Å². The molecule has 1 N–H and O–H groups in total. The summed E-state index contributed by atoms with van der Waals surface area (Å²) in [7, 11) is 0. The number of benzene rings is 1. The van der Waals surface area contributed by atoms with Crippen molar-refractivity contribution in [3.8, 4) is 0 Å². The van der Waals surface area contributed by atoms with Crippen LogP contribution in [0.4, 0.5) is 0 Å². The predicted octanol–water partition coefficient (Wildman–Crippen LogP) is 3.74. The van der Waals surface area contributed by atoms with Crippen molar-refractivity contribution < 1.29 is 4.79 Å².